The normalized spacial score (nSPS) is 16.9. The molecule has 1 heterocycles. The van der Waals surface area contributed by atoms with E-state index in [-0.39, 0.29) is 6.61 Å². The van der Waals surface area contributed by atoms with Gasteiger partial charge >= 0.3 is 0 Å². The molecule has 0 saturated heterocycles. The molecule has 0 aromatic heterocycles. The molecule has 1 aliphatic heterocycles. The summed E-state index contributed by atoms with van der Waals surface area (Å²) in [6.45, 7) is 6.89. The van der Waals surface area contributed by atoms with Crippen molar-refractivity contribution in [1.29, 1.82) is 0 Å². The minimum absolute atomic E-state index is 0.248. The first-order chi connectivity index (χ1) is 7.36. The Morgan fingerprint density at radius 2 is 2.33 bits per heavy atom. The molecule has 0 saturated carbocycles. The van der Waals surface area contributed by atoms with Gasteiger partial charge in [-0.1, -0.05) is 19.4 Å². The van der Waals surface area contributed by atoms with E-state index >= 15 is 0 Å². The molecule has 0 aromatic carbocycles. The van der Waals surface area contributed by atoms with E-state index in [4.69, 9.17) is 9.84 Å². The number of hydrogen-bond donors (Lipinski definition) is 1. The molecule has 0 atom stereocenters. The Morgan fingerprint density at radius 3 is 2.93 bits per heavy atom. The van der Waals surface area contributed by atoms with E-state index in [1.807, 2.05) is 0 Å². The molecule has 0 bridgehead atoms. The van der Waals surface area contributed by atoms with Crippen molar-refractivity contribution in [3.63, 3.8) is 0 Å². The van der Waals surface area contributed by atoms with Crippen molar-refractivity contribution in [2.75, 3.05) is 39.5 Å². The SMILES string of the molecule is CCCCN(CCO)CC1=CCCOC1. The van der Waals surface area contributed by atoms with E-state index in [2.05, 4.69) is 17.9 Å². The molecule has 88 valence electrons. The van der Waals surface area contributed by atoms with Gasteiger partial charge < -0.3 is 9.84 Å². The van der Waals surface area contributed by atoms with Gasteiger partial charge in [-0.2, -0.15) is 0 Å². The largest absolute Gasteiger partial charge is 0.395 e. The molecule has 0 aliphatic carbocycles. The van der Waals surface area contributed by atoms with Crippen LogP contribution in [0.2, 0.25) is 0 Å². The lowest BCUT2D eigenvalue weighted by Crippen LogP contribution is -2.31. The second-order valence-electron chi connectivity index (χ2n) is 4.06. The summed E-state index contributed by atoms with van der Waals surface area (Å²) in [5, 5.41) is 8.97. The summed E-state index contributed by atoms with van der Waals surface area (Å²) < 4.78 is 5.41. The molecule has 1 rings (SSSR count). The maximum absolute atomic E-state index is 8.97. The second kappa shape index (κ2) is 7.85. The van der Waals surface area contributed by atoms with Crippen molar-refractivity contribution in [2.24, 2.45) is 0 Å². The van der Waals surface area contributed by atoms with E-state index in [0.29, 0.717) is 0 Å². The van der Waals surface area contributed by atoms with Crippen LogP contribution in [-0.2, 0) is 4.74 Å². The monoisotopic (exact) mass is 213 g/mol. The van der Waals surface area contributed by atoms with Crippen LogP contribution < -0.4 is 0 Å². The zero-order chi connectivity index (χ0) is 10.9. The first kappa shape index (κ1) is 12.7. The van der Waals surface area contributed by atoms with Gasteiger partial charge in [0, 0.05) is 13.1 Å². The Bertz CT molecular complexity index is 192. The van der Waals surface area contributed by atoms with Crippen molar-refractivity contribution >= 4 is 0 Å². The molecular weight excluding hydrogens is 190 g/mol. The average Bonchev–Trinajstić information content (AvgIpc) is 2.28. The summed E-state index contributed by atoms with van der Waals surface area (Å²) in [6.07, 6.45) is 5.72. The van der Waals surface area contributed by atoms with Crippen LogP contribution in [0.4, 0.5) is 0 Å². The molecule has 3 nitrogen and oxygen atoms in total. The van der Waals surface area contributed by atoms with Crippen LogP contribution in [0.1, 0.15) is 26.2 Å². The molecular formula is C12H23NO2. The van der Waals surface area contributed by atoms with Crippen LogP contribution in [0, 0.1) is 0 Å². The van der Waals surface area contributed by atoms with Gasteiger partial charge in [-0.3, -0.25) is 4.90 Å². The van der Waals surface area contributed by atoms with Crippen LogP contribution >= 0.6 is 0 Å². The number of rotatable bonds is 7. The zero-order valence-electron chi connectivity index (χ0n) is 9.74. The lowest BCUT2D eigenvalue weighted by molar-refractivity contribution is 0.137. The Balaban J connectivity index is 2.31. The maximum Gasteiger partial charge on any atom is 0.0689 e. The molecule has 3 heteroatoms. The summed E-state index contributed by atoms with van der Waals surface area (Å²) in [5.74, 6) is 0. The standard InChI is InChI=1S/C12H23NO2/c1-2-3-6-13(7-8-14)10-12-5-4-9-15-11-12/h5,14H,2-4,6-11H2,1H3. The predicted octanol–water partition coefficient (Wildman–Crippen LogP) is 1.43. The molecule has 0 spiro atoms. The highest BCUT2D eigenvalue weighted by Gasteiger charge is 2.09. The number of nitrogens with zero attached hydrogens (tertiary/aromatic N) is 1. The highest BCUT2D eigenvalue weighted by Crippen LogP contribution is 2.08. The van der Waals surface area contributed by atoms with Crippen molar-refractivity contribution in [1.82, 2.24) is 4.90 Å². The molecule has 0 fully saturated rings. The van der Waals surface area contributed by atoms with Crippen LogP contribution in [0.3, 0.4) is 0 Å². The first-order valence-electron chi connectivity index (χ1n) is 5.95. The van der Waals surface area contributed by atoms with Crippen molar-refractivity contribution in [3.05, 3.63) is 11.6 Å². The maximum atomic E-state index is 8.97. The highest BCUT2D eigenvalue weighted by atomic mass is 16.5. The number of aliphatic hydroxyl groups is 1. The summed E-state index contributed by atoms with van der Waals surface area (Å²) >= 11 is 0. The molecule has 1 N–H and O–H groups in total. The highest BCUT2D eigenvalue weighted by molar-refractivity contribution is 5.07. The topological polar surface area (TPSA) is 32.7 Å². The number of ether oxygens (including phenoxy) is 1. The molecule has 0 aromatic rings. The van der Waals surface area contributed by atoms with E-state index in [0.717, 1.165) is 39.3 Å². The van der Waals surface area contributed by atoms with Gasteiger partial charge in [0.05, 0.1) is 19.8 Å². The lowest BCUT2D eigenvalue weighted by Gasteiger charge is -2.24. The van der Waals surface area contributed by atoms with E-state index in [1.165, 1.54) is 18.4 Å². The third-order valence-electron chi connectivity index (χ3n) is 2.65. The van der Waals surface area contributed by atoms with Crippen LogP contribution in [-0.4, -0.2) is 49.5 Å². The molecule has 1 aliphatic rings. The van der Waals surface area contributed by atoms with Gasteiger partial charge in [-0.25, -0.2) is 0 Å². The number of unbranched alkanes of at least 4 members (excludes halogenated alkanes) is 1. The Kier molecular flexibility index (Phi) is 6.64. The fourth-order valence-corrected chi connectivity index (χ4v) is 1.80. The molecule has 15 heavy (non-hydrogen) atoms. The zero-order valence-corrected chi connectivity index (χ0v) is 9.74. The lowest BCUT2D eigenvalue weighted by atomic mass is 10.1. The molecule has 0 amide bonds. The van der Waals surface area contributed by atoms with Gasteiger partial charge in [-0.05, 0) is 25.0 Å². The third-order valence-corrected chi connectivity index (χ3v) is 2.65. The van der Waals surface area contributed by atoms with Crippen molar-refractivity contribution in [3.8, 4) is 0 Å². The molecule has 0 radical (unpaired) electrons. The van der Waals surface area contributed by atoms with Gasteiger partial charge in [0.15, 0.2) is 0 Å². The van der Waals surface area contributed by atoms with Crippen LogP contribution in [0.25, 0.3) is 0 Å². The van der Waals surface area contributed by atoms with Crippen LogP contribution in [0.15, 0.2) is 11.6 Å². The van der Waals surface area contributed by atoms with Gasteiger partial charge in [0.2, 0.25) is 0 Å². The predicted molar refractivity (Wildman–Crippen MR) is 62.0 cm³/mol. The smallest absolute Gasteiger partial charge is 0.0689 e. The summed E-state index contributed by atoms with van der Waals surface area (Å²) in [4.78, 5) is 2.31. The summed E-state index contributed by atoms with van der Waals surface area (Å²) in [6, 6.07) is 0. The van der Waals surface area contributed by atoms with Crippen LogP contribution in [0.5, 0.6) is 0 Å². The summed E-state index contributed by atoms with van der Waals surface area (Å²) in [5.41, 5.74) is 1.37. The van der Waals surface area contributed by atoms with Gasteiger partial charge in [0.1, 0.15) is 0 Å². The fourth-order valence-electron chi connectivity index (χ4n) is 1.80. The van der Waals surface area contributed by atoms with E-state index in [1.54, 1.807) is 0 Å². The van der Waals surface area contributed by atoms with Gasteiger partial charge in [-0.15, -0.1) is 0 Å². The first-order valence-corrected chi connectivity index (χ1v) is 5.95. The third kappa shape index (κ3) is 5.30. The minimum Gasteiger partial charge on any atom is -0.395 e. The number of hydrogen-bond acceptors (Lipinski definition) is 3. The van der Waals surface area contributed by atoms with Gasteiger partial charge in [0.25, 0.3) is 0 Å². The molecule has 0 unspecified atom stereocenters. The quantitative estimate of drug-likeness (QED) is 0.649. The second-order valence-corrected chi connectivity index (χ2v) is 4.06. The Hall–Kier alpha value is -0.380. The summed E-state index contributed by atoms with van der Waals surface area (Å²) in [7, 11) is 0. The Labute approximate surface area is 92.7 Å². The van der Waals surface area contributed by atoms with E-state index < -0.39 is 0 Å². The fraction of sp³-hybridized carbons (Fsp3) is 0.833. The minimum atomic E-state index is 0.248. The van der Waals surface area contributed by atoms with E-state index in [9.17, 15) is 0 Å². The Morgan fingerprint density at radius 1 is 1.47 bits per heavy atom. The number of aliphatic hydroxyl groups excluding tert-OH is 1. The van der Waals surface area contributed by atoms with Crippen molar-refractivity contribution < 1.29 is 9.84 Å². The van der Waals surface area contributed by atoms with Crippen molar-refractivity contribution in [2.45, 2.75) is 26.2 Å². The average molecular weight is 213 g/mol.